The zero-order chi connectivity index (χ0) is 9.73. The summed E-state index contributed by atoms with van der Waals surface area (Å²) in [7, 11) is -2.80. The highest BCUT2D eigenvalue weighted by atomic mass is 32.2. The Morgan fingerprint density at radius 1 is 1.54 bits per heavy atom. The minimum absolute atomic E-state index is 0.254. The molecule has 0 fully saturated rings. The minimum Gasteiger partial charge on any atom is -0.384 e. The van der Waals surface area contributed by atoms with Crippen LogP contribution in [0.3, 0.4) is 0 Å². The molecule has 0 radical (unpaired) electrons. The average molecular weight is 219 g/mol. The number of anilines is 1. The van der Waals surface area contributed by atoms with Crippen molar-refractivity contribution in [3.8, 4) is 0 Å². The second-order valence-corrected chi connectivity index (χ2v) is 5.96. The summed E-state index contributed by atoms with van der Waals surface area (Å²) in [5.74, 6) is 0.254. The van der Waals surface area contributed by atoms with Gasteiger partial charge in [0.25, 0.3) is 0 Å². The van der Waals surface area contributed by atoms with Crippen LogP contribution in [-0.4, -0.2) is 27.0 Å². The van der Waals surface area contributed by atoms with Crippen LogP contribution in [0.25, 0.3) is 0 Å². The van der Waals surface area contributed by atoms with Crippen molar-refractivity contribution >= 4 is 26.9 Å². The highest BCUT2D eigenvalue weighted by Crippen LogP contribution is 2.11. The molecule has 74 valence electrons. The van der Waals surface area contributed by atoms with E-state index in [1.54, 1.807) is 11.3 Å². The lowest BCUT2D eigenvalue weighted by Gasteiger charge is -2.01. The first-order chi connectivity index (χ1) is 6.08. The minimum atomic E-state index is -2.80. The fraction of sp³-hybridized carbons (Fsp3) is 0.500. The Hall–Kier alpha value is -0.550. The van der Waals surface area contributed by atoms with Crippen LogP contribution in [0.1, 0.15) is 6.42 Å². The molecule has 0 saturated carbocycles. The number of nitrogens with one attached hydrogen (secondary N) is 1. The van der Waals surface area contributed by atoms with E-state index in [0.717, 1.165) is 5.69 Å². The topological polar surface area (TPSA) is 46.2 Å². The number of sulfone groups is 1. The van der Waals surface area contributed by atoms with E-state index in [4.69, 9.17) is 0 Å². The van der Waals surface area contributed by atoms with Gasteiger partial charge >= 0.3 is 0 Å². The Kier molecular flexibility index (Phi) is 3.74. The molecule has 0 amide bonds. The highest BCUT2D eigenvalue weighted by molar-refractivity contribution is 7.90. The van der Waals surface area contributed by atoms with Gasteiger partial charge in [0.1, 0.15) is 9.84 Å². The van der Waals surface area contributed by atoms with Gasteiger partial charge in [0.15, 0.2) is 0 Å². The molecular formula is C8H13NO2S2. The molecule has 0 aliphatic heterocycles. The summed E-state index contributed by atoms with van der Waals surface area (Å²) in [6, 6.07) is 1.98. The van der Waals surface area contributed by atoms with Crippen molar-refractivity contribution in [2.24, 2.45) is 0 Å². The molecule has 0 atom stereocenters. The second-order valence-electron chi connectivity index (χ2n) is 2.92. The quantitative estimate of drug-likeness (QED) is 0.765. The van der Waals surface area contributed by atoms with E-state index in [0.29, 0.717) is 13.0 Å². The molecule has 1 N–H and O–H groups in total. The maximum atomic E-state index is 10.8. The van der Waals surface area contributed by atoms with E-state index in [1.165, 1.54) is 6.26 Å². The third kappa shape index (κ3) is 4.90. The molecule has 1 rings (SSSR count). The van der Waals surface area contributed by atoms with Crippen molar-refractivity contribution in [3.63, 3.8) is 0 Å². The Labute approximate surface area is 82.7 Å². The molecule has 0 aromatic carbocycles. The van der Waals surface area contributed by atoms with Gasteiger partial charge < -0.3 is 5.32 Å². The number of hydrogen-bond donors (Lipinski definition) is 1. The Balaban J connectivity index is 2.16. The van der Waals surface area contributed by atoms with Crippen LogP contribution in [-0.2, 0) is 9.84 Å². The smallest absolute Gasteiger partial charge is 0.147 e. The molecule has 13 heavy (non-hydrogen) atoms. The number of thiophene rings is 1. The first-order valence-electron chi connectivity index (χ1n) is 4.02. The Morgan fingerprint density at radius 3 is 2.85 bits per heavy atom. The first kappa shape index (κ1) is 10.5. The van der Waals surface area contributed by atoms with Gasteiger partial charge in [0.05, 0.1) is 5.75 Å². The predicted octanol–water partition coefficient (Wildman–Crippen LogP) is 1.59. The lowest BCUT2D eigenvalue weighted by atomic mass is 10.4. The summed E-state index contributed by atoms with van der Waals surface area (Å²) in [4.78, 5) is 0. The molecular weight excluding hydrogens is 206 g/mol. The van der Waals surface area contributed by atoms with Crippen LogP contribution in [0.4, 0.5) is 5.69 Å². The SMILES string of the molecule is CS(=O)(=O)CCCNc1ccsc1. The molecule has 0 bridgehead atoms. The highest BCUT2D eigenvalue weighted by Gasteiger charge is 2.00. The van der Waals surface area contributed by atoms with E-state index < -0.39 is 9.84 Å². The second kappa shape index (κ2) is 4.62. The van der Waals surface area contributed by atoms with E-state index in [9.17, 15) is 8.42 Å². The number of rotatable bonds is 5. The van der Waals surface area contributed by atoms with Gasteiger partial charge in [0.2, 0.25) is 0 Å². The van der Waals surface area contributed by atoms with Crippen LogP contribution in [0, 0.1) is 0 Å². The normalized spacial score (nSPS) is 11.5. The molecule has 0 aliphatic carbocycles. The monoisotopic (exact) mass is 219 g/mol. The van der Waals surface area contributed by atoms with Gasteiger partial charge in [-0.2, -0.15) is 11.3 Å². The maximum Gasteiger partial charge on any atom is 0.147 e. The molecule has 5 heteroatoms. The summed E-state index contributed by atoms with van der Waals surface area (Å²) in [6.07, 6.45) is 1.92. The van der Waals surface area contributed by atoms with Crippen molar-refractivity contribution in [2.45, 2.75) is 6.42 Å². The zero-order valence-electron chi connectivity index (χ0n) is 7.49. The van der Waals surface area contributed by atoms with Gasteiger partial charge in [-0.15, -0.1) is 0 Å². The van der Waals surface area contributed by atoms with Crippen molar-refractivity contribution in [1.82, 2.24) is 0 Å². The fourth-order valence-corrected chi connectivity index (χ4v) is 2.21. The third-order valence-electron chi connectivity index (χ3n) is 1.54. The molecule has 1 aromatic heterocycles. The van der Waals surface area contributed by atoms with Gasteiger partial charge in [-0.25, -0.2) is 8.42 Å². The van der Waals surface area contributed by atoms with Crippen molar-refractivity contribution in [2.75, 3.05) is 23.9 Å². The van der Waals surface area contributed by atoms with Crippen LogP contribution in [0.15, 0.2) is 16.8 Å². The molecule has 1 aromatic rings. The van der Waals surface area contributed by atoms with Crippen molar-refractivity contribution in [1.29, 1.82) is 0 Å². The van der Waals surface area contributed by atoms with E-state index in [1.807, 2.05) is 16.8 Å². The molecule has 0 aliphatic rings. The third-order valence-corrected chi connectivity index (χ3v) is 3.26. The first-order valence-corrected chi connectivity index (χ1v) is 7.02. The van der Waals surface area contributed by atoms with E-state index >= 15 is 0 Å². The van der Waals surface area contributed by atoms with Gasteiger partial charge in [-0.3, -0.25) is 0 Å². The van der Waals surface area contributed by atoms with E-state index in [-0.39, 0.29) is 5.75 Å². The fourth-order valence-electron chi connectivity index (χ4n) is 0.932. The largest absolute Gasteiger partial charge is 0.384 e. The van der Waals surface area contributed by atoms with Crippen LogP contribution in [0.2, 0.25) is 0 Å². The van der Waals surface area contributed by atoms with Crippen molar-refractivity contribution in [3.05, 3.63) is 16.8 Å². The van der Waals surface area contributed by atoms with Gasteiger partial charge in [-0.05, 0) is 17.9 Å². The summed E-state index contributed by atoms with van der Waals surface area (Å²) in [6.45, 7) is 0.712. The van der Waals surface area contributed by atoms with Crippen molar-refractivity contribution < 1.29 is 8.42 Å². The van der Waals surface area contributed by atoms with Crippen LogP contribution >= 0.6 is 11.3 Å². The molecule has 1 heterocycles. The Morgan fingerprint density at radius 2 is 2.31 bits per heavy atom. The summed E-state index contributed by atoms with van der Waals surface area (Å²) < 4.78 is 21.5. The summed E-state index contributed by atoms with van der Waals surface area (Å²) in [5, 5.41) is 7.13. The summed E-state index contributed by atoms with van der Waals surface area (Å²) in [5.41, 5.74) is 1.07. The van der Waals surface area contributed by atoms with Gasteiger partial charge in [-0.1, -0.05) is 0 Å². The van der Waals surface area contributed by atoms with Gasteiger partial charge in [0, 0.05) is 23.9 Å². The average Bonchev–Trinajstić information content (AvgIpc) is 2.48. The maximum absolute atomic E-state index is 10.8. The van der Waals surface area contributed by atoms with Crippen LogP contribution < -0.4 is 5.32 Å². The lowest BCUT2D eigenvalue weighted by Crippen LogP contribution is -2.09. The summed E-state index contributed by atoms with van der Waals surface area (Å²) >= 11 is 1.62. The molecule has 0 unspecified atom stereocenters. The Bertz CT molecular complexity index is 329. The molecule has 0 saturated heterocycles. The lowest BCUT2D eigenvalue weighted by molar-refractivity contribution is 0.600. The molecule has 3 nitrogen and oxygen atoms in total. The zero-order valence-corrected chi connectivity index (χ0v) is 9.12. The van der Waals surface area contributed by atoms with Crippen LogP contribution in [0.5, 0.6) is 0 Å². The predicted molar refractivity (Wildman–Crippen MR) is 57.1 cm³/mol. The van der Waals surface area contributed by atoms with E-state index in [2.05, 4.69) is 5.32 Å². The molecule has 0 spiro atoms. The standard InChI is InChI=1S/C8H13NO2S2/c1-13(10,11)6-2-4-9-8-3-5-12-7-8/h3,5,7,9H,2,4,6H2,1H3. The number of hydrogen-bond acceptors (Lipinski definition) is 4.